The van der Waals surface area contributed by atoms with Crippen LogP contribution in [0.5, 0.6) is 0 Å². The Balaban J connectivity index is 2.20. The molecule has 1 aromatic carbocycles. The molecule has 0 saturated heterocycles. The Bertz CT molecular complexity index is 652. The maximum atomic E-state index is 13.7. The van der Waals surface area contributed by atoms with E-state index < -0.39 is 15.7 Å². The summed E-state index contributed by atoms with van der Waals surface area (Å²) in [5.74, 6) is -1.11. The number of benzene rings is 1. The lowest BCUT2D eigenvalue weighted by Gasteiger charge is -2.17. The Morgan fingerprint density at radius 3 is 2.70 bits per heavy atom. The fourth-order valence-corrected chi connectivity index (χ4v) is 2.74. The van der Waals surface area contributed by atoms with Crippen molar-refractivity contribution in [2.75, 3.05) is 11.6 Å². The van der Waals surface area contributed by atoms with Gasteiger partial charge in [0.25, 0.3) is 0 Å². The number of hydrogen-bond acceptors (Lipinski definition) is 3. The molecule has 0 heterocycles. The standard InChI is InChI=1S/C14H16FNO3S/c1-20(18,19)11-7-8-12(15)13(9-11)16-14(17)10-5-3-2-4-6-10/h2-3,7-10H,4-6H2,1H3,(H,16,17)/t10-/m1/s1. The lowest BCUT2D eigenvalue weighted by Crippen LogP contribution is -2.24. The summed E-state index contributed by atoms with van der Waals surface area (Å²) in [4.78, 5) is 12.0. The number of hydrogen-bond donors (Lipinski definition) is 1. The molecule has 1 aromatic rings. The maximum absolute atomic E-state index is 13.7. The van der Waals surface area contributed by atoms with Crippen LogP contribution in [-0.2, 0) is 14.6 Å². The van der Waals surface area contributed by atoms with Gasteiger partial charge in [-0.15, -0.1) is 0 Å². The van der Waals surface area contributed by atoms with Crippen LogP contribution in [0.3, 0.4) is 0 Å². The van der Waals surface area contributed by atoms with Crippen molar-refractivity contribution in [2.45, 2.75) is 24.2 Å². The van der Waals surface area contributed by atoms with Gasteiger partial charge in [0.05, 0.1) is 10.6 Å². The van der Waals surface area contributed by atoms with Gasteiger partial charge in [-0.2, -0.15) is 0 Å². The van der Waals surface area contributed by atoms with Gasteiger partial charge in [-0.25, -0.2) is 12.8 Å². The smallest absolute Gasteiger partial charge is 0.227 e. The zero-order chi connectivity index (χ0) is 14.8. The highest BCUT2D eigenvalue weighted by Crippen LogP contribution is 2.23. The maximum Gasteiger partial charge on any atom is 0.227 e. The van der Waals surface area contributed by atoms with Crippen LogP contribution in [0.2, 0.25) is 0 Å². The Kier molecular flexibility index (Phi) is 4.23. The van der Waals surface area contributed by atoms with E-state index in [0.717, 1.165) is 31.2 Å². The molecule has 1 aliphatic carbocycles. The Labute approximate surface area is 117 Å². The molecule has 0 unspecified atom stereocenters. The lowest BCUT2D eigenvalue weighted by atomic mass is 9.93. The summed E-state index contributed by atoms with van der Waals surface area (Å²) < 4.78 is 36.5. The van der Waals surface area contributed by atoms with Gasteiger partial charge >= 0.3 is 0 Å². The Morgan fingerprint density at radius 2 is 2.10 bits per heavy atom. The van der Waals surface area contributed by atoms with Gasteiger partial charge in [0.15, 0.2) is 9.84 Å². The van der Waals surface area contributed by atoms with Crippen molar-refractivity contribution in [3.63, 3.8) is 0 Å². The van der Waals surface area contributed by atoms with Crippen molar-refractivity contribution < 1.29 is 17.6 Å². The van der Waals surface area contributed by atoms with E-state index in [0.29, 0.717) is 6.42 Å². The summed E-state index contributed by atoms with van der Waals surface area (Å²) in [5.41, 5.74) is -0.0903. The van der Waals surface area contributed by atoms with E-state index >= 15 is 0 Å². The SMILES string of the molecule is CS(=O)(=O)c1ccc(F)c(NC(=O)[C@@H]2CC=CCC2)c1. The zero-order valence-corrected chi connectivity index (χ0v) is 11.9. The molecule has 0 fully saturated rings. The largest absolute Gasteiger partial charge is 0.323 e. The molecule has 6 heteroatoms. The fraction of sp³-hybridized carbons (Fsp3) is 0.357. The number of carbonyl (C=O) groups excluding carboxylic acids is 1. The van der Waals surface area contributed by atoms with Crippen molar-refractivity contribution in [2.24, 2.45) is 5.92 Å². The third kappa shape index (κ3) is 3.45. The molecule has 1 N–H and O–H groups in total. The van der Waals surface area contributed by atoms with Crippen molar-refractivity contribution in [3.8, 4) is 0 Å². The first-order valence-electron chi connectivity index (χ1n) is 6.33. The van der Waals surface area contributed by atoms with E-state index in [4.69, 9.17) is 0 Å². The van der Waals surface area contributed by atoms with Crippen molar-refractivity contribution >= 4 is 21.4 Å². The molecule has 20 heavy (non-hydrogen) atoms. The molecule has 1 aliphatic rings. The van der Waals surface area contributed by atoms with Gasteiger partial charge in [0.1, 0.15) is 5.82 Å². The molecule has 0 saturated carbocycles. The van der Waals surface area contributed by atoms with Crippen molar-refractivity contribution in [1.82, 2.24) is 0 Å². The van der Waals surface area contributed by atoms with Crippen LogP contribution in [0.1, 0.15) is 19.3 Å². The summed E-state index contributed by atoms with van der Waals surface area (Å²) >= 11 is 0. The number of carbonyl (C=O) groups is 1. The van der Waals surface area contributed by atoms with Gasteiger partial charge in [-0.3, -0.25) is 4.79 Å². The highest BCUT2D eigenvalue weighted by molar-refractivity contribution is 7.90. The monoisotopic (exact) mass is 297 g/mol. The average Bonchev–Trinajstić information content (AvgIpc) is 2.41. The predicted molar refractivity (Wildman–Crippen MR) is 74.6 cm³/mol. The summed E-state index contributed by atoms with van der Waals surface area (Å²) in [5, 5.41) is 2.48. The molecule has 108 valence electrons. The number of amides is 1. The number of anilines is 1. The quantitative estimate of drug-likeness (QED) is 0.689. The summed E-state index contributed by atoms with van der Waals surface area (Å²) in [6.45, 7) is 0. The molecule has 2 rings (SSSR count). The molecule has 0 aliphatic heterocycles. The second kappa shape index (κ2) is 5.75. The minimum Gasteiger partial charge on any atom is -0.323 e. The van der Waals surface area contributed by atoms with E-state index in [2.05, 4.69) is 5.32 Å². The summed E-state index contributed by atoms with van der Waals surface area (Å²) in [6, 6.07) is 3.39. The fourth-order valence-electron chi connectivity index (χ4n) is 2.10. The van der Waals surface area contributed by atoms with E-state index in [1.165, 1.54) is 6.07 Å². The summed E-state index contributed by atoms with van der Waals surface area (Å²) in [6.07, 6.45) is 7.14. The van der Waals surface area contributed by atoms with Crippen LogP contribution in [0, 0.1) is 11.7 Å². The minimum absolute atomic E-state index is 0.0160. The first-order chi connectivity index (χ1) is 9.38. The highest BCUT2D eigenvalue weighted by atomic mass is 32.2. The Hall–Kier alpha value is -1.69. The second-order valence-electron chi connectivity index (χ2n) is 4.88. The number of halogens is 1. The van der Waals surface area contributed by atoms with Gasteiger partial charge < -0.3 is 5.32 Å². The number of rotatable bonds is 3. The van der Waals surface area contributed by atoms with E-state index in [1.54, 1.807) is 0 Å². The second-order valence-corrected chi connectivity index (χ2v) is 6.90. The zero-order valence-electron chi connectivity index (χ0n) is 11.1. The number of nitrogens with one attached hydrogen (secondary N) is 1. The Morgan fingerprint density at radius 1 is 1.35 bits per heavy atom. The van der Waals surface area contributed by atoms with E-state index in [9.17, 15) is 17.6 Å². The van der Waals surface area contributed by atoms with E-state index in [-0.39, 0.29) is 22.4 Å². The van der Waals surface area contributed by atoms with Crippen molar-refractivity contribution in [3.05, 3.63) is 36.2 Å². The minimum atomic E-state index is -3.43. The molecular weight excluding hydrogens is 281 g/mol. The van der Waals surface area contributed by atoms with Gasteiger partial charge in [0.2, 0.25) is 5.91 Å². The van der Waals surface area contributed by atoms with Crippen molar-refractivity contribution in [1.29, 1.82) is 0 Å². The highest BCUT2D eigenvalue weighted by Gasteiger charge is 2.20. The average molecular weight is 297 g/mol. The third-order valence-corrected chi connectivity index (χ3v) is 4.37. The van der Waals surface area contributed by atoms with Gasteiger partial charge in [0, 0.05) is 12.2 Å². The van der Waals surface area contributed by atoms with Crippen LogP contribution in [0.4, 0.5) is 10.1 Å². The molecule has 0 bridgehead atoms. The molecule has 0 spiro atoms. The molecule has 4 nitrogen and oxygen atoms in total. The molecule has 1 amide bonds. The topological polar surface area (TPSA) is 63.2 Å². The van der Waals surface area contributed by atoms with Crippen LogP contribution in [-0.4, -0.2) is 20.6 Å². The molecule has 0 radical (unpaired) electrons. The normalized spacial score (nSPS) is 18.8. The van der Waals surface area contributed by atoms with Crippen LogP contribution in [0.15, 0.2) is 35.2 Å². The van der Waals surface area contributed by atoms with Crippen LogP contribution < -0.4 is 5.32 Å². The molecular formula is C14H16FNO3S. The van der Waals surface area contributed by atoms with Crippen LogP contribution in [0.25, 0.3) is 0 Å². The number of allylic oxidation sites excluding steroid dienone is 2. The van der Waals surface area contributed by atoms with Crippen LogP contribution >= 0.6 is 0 Å². The predicted octanol–water partition coefficient (Wildman–Crippen LogP) is 2.52. The summed E-state index contributed by atoms with van der Waals surface area (Å²) in [7, 11) is -3.43. The number of sulfone groups is 1. The van der Waals surface area contributed by atoms with E-state index in [1.807, 2.05) is 12.2 Å². The first-order valence-corrected chi connectivity index (χ1v) is 8.22. The molecule has 0 aromatic heterocycles. The van der Waals surface area contributed by atoms with Gasteiger partial charge in [-0.1, -0.05) is 12.2 Å². The van der Waals surface area contributed by atoms with Gasteiger partial charge in [-0.05, 0) is 37.5 Å². The molecule has 1 atom stereocenters. The lowest BCUT2D eigenvalue weighted by molar-refractivity contribution is -0.120. The third-order valence-electron chi connectivity index (χ3n) is 3.26. The first kappa shape index (κ1) is 14.7.